The second-order valence-electron chi connectivity index (χ2n) is 4.42. The maximum atomic E-state index is 10.5. The zero-order valence-electron chi connectivity index (χ0n) is 9.78. The summed E-state index contributed by atoms with van der Waals surface area (Å²) >= 11 is 0. The standard InChI is InChI=1S/C12H19N3O/c1-2-15-6-4-3-5-12(15)8-10-7-11(9-16)14-13-10/h7,9,12H,2-6,8H2,1H3,(H,13,14). The lowest BCUT2D eigenvalue weighted by Gasteiger charge is -2.34. The molecule has 0 amide bonds. The average Bonchev–Trinajstić information content (AvgIpc) is 2.77. The number of H-pyrrole nitrogens is 1. The van der Waals surface area contributed by atoms with Crippen molar-refractivity contribution in [3.05, 3.63) is 17.5 Å². The molecule has 0 spiro atoms. The van der Waals surface area contributed by atoms with Crippen LogP contribution >= 0.6 is 0 Å². The first kappa shape index (κ1) is 11.3. The summed E-state index contributed by atoms with van der Waals surface area (Å²) in [5.41, 5.74) is 1.58. The summed E-state index contributed by atoms with van der Waals surface area (Å²) in [6.07, 6.45) is 5.65. The van der Waals surface area contributed by atoms with Crippen LogP contribution in [0.1, 0.15) is 42.4 Å². The Morgan fingerprint density at radius 1 is 1.62 bits per heavy atom. The second kappa shape index (κ2) is 5.25. The van der Waals surface area contributed by atoms with Crippen molar-refractivity contribution >= 4 is 6.29 Å². The molecule has 4 nitrogen and oxygen atoms in total. The lowest BCUT2D eigenvalue weighted by Crippen LogP contribution is -2.40. The molecule has 1 aliphatic heterocycles. The van der Waals surface area contributed by atoms with E-state index in [-0.39, 0.29) is 0 Å². The molecule has 0 radical (unpaired) electrons. The number of hydrogen-bond donors (Lipinski definition) is 1. The van der Waals surface area contributed by atoms with Crippen LogP contribution in [0.15, 0.2) is 6.07 Å². The van der Waals surface area contributed by atoms with Crippen LogP contribution in [-0.4, -0.2) is 40.5 Å². The number of piperidine rings is 1. The Balaban J connectivity index is 1.98. The van der Waals surface area contributed by atoms with Gasteiger partial charge in [0.1, 0.15) is 5.69 Å². The van der Waals surface area contributed by atoms with Gasteiger partial charge in [-0.1, -0.05) is 13.3 Å². The maximum absolute atomic E-state index is 10.5. The topological polar surface area (TPSA) is 49.0 Å². The number of nitrogens with one attached hydrogen (secondary N) is 1. The van der Waals surface area contributed by atoms with Gasteiger partial charge >= 0.3 is 0 Å². The fourth-order valence-electron chi connectivity index (χ4n) is 2.51. The van der Waals surface area contributed by atoms with E-state index in [9.17, 15) is 4.79 Å². The van der Waals surface area contributed by atoms with Gasteiger partial charge in [0, 0.05) is 18.2 Å². The minimum Gasteiger partial charge on any atom is -0.300 e. The number of likely N-dealkylation sites (tertiary alicyclic amines) is 1. The first-order chi connectivity index (χ1) is 7.83. The van der Waals surface area contributed by atoms with Gasteiger partial charge in [-0.3, -0.25) is 9.89 Å². The molecule has 1 N–H and O–H groups in total. The Labute approximate surface area is 96.0 Å². The lowest BCUT2D eigenvalue weighted by atomic mass is 9.98. The molecule has 1 aromatic rings. The largest absolute Gasteiger partial charge is 0.300 e. The third kappa shape index (κ3) is 2.50. The third-order valence-corrected chi connectivity index (χ3v) is 3.38. The molecule has 0 saturated carbocycles. The van der Waals surface area contributed by atoms with Crippen molar-refractivity contribution in [2.75, 3.05) is 13.1 Å². The van der Waals surface area contributed by atoms with Crippen molar-refractivity contribution in [2.24, 2.45) is 0 Å². The van der Waals surface area contributed by atoms with E-state index in [1.165, 1.54) is 25.8 Å². The van der Waals surface area contributed by atoms with Gasteiger partial charge in [-0.15, -0.1) is 0 Å². The van der Waals surface area contributed by atoms with Gasteiger partial charge in [0.05, 0.1) is 0 Å². The summed E-state index contributed by atoms with van der Waals surface area (Å²) in [6.45, 7) is 4.53. The minimum absolute atomic E-state index is 0.508. The summed E-state index contributed by atoms with van der Waals surface area (Å²) in [4.78, 5) is 13.1. The molecule has 0 bridgehead atoms. The highest BCUT2D eigenvalue weighted by atomic mass is 16.1. The van der Waals surface area contributed by atoms with E-state index in [0.717, 1.165) is 24.9 Å². The molecule has 1 fully saturated rings. The lowest BCUT2D eigenvalue weighted by molar-refractivity contribution is 0.111. The first-order valence-corrected chi connectivity index (χ1v) is 6.07. The van der Waals surface area contributed by atoms with Crippen LogP contribution in [0.5, 0.6) is 0 Å². The van der Waals surface area contributed by atoms with Crippen molar-refractivity contribution in [2.45, 2.75) is 38.6 Å². The van der Waals surface area contributed by atoms with Crippen molar-refractivity contribution in [1.29, 1.82) is 0 Å². The van der Waals surface area contributed by atoms with Gasteiger partial charge in [0.25, 0.3) is 0 Å². The summed E-state index contributed by atoms with van der Waals surface area (Å²) in [5.74, 6) is 0. The quantitative estimate of drug-likeness (QED) is 0.786. The van der Waals surface area contributed by atoms with Crippen LogP contribution in [0.25, 0.3) is 0 Å². The summed E-state index contributed by atoms with van der Waals surface area (Å²) in [6, 6.07) is 2.47. The van der Waals surface area contributed by atoms with Gasteiger partial charge in [-0.25, -0.2) is 0 Å². The van der Waals surface area contributed by atoms with Crippen LogP contribution in [0.4, 0.5) is 0 Å². The number of aldehydes is 1. The van der Waals surface area contributed by atoms with Crippen molar-refractivity contribution in [3.8, 4) is 0 Å². The highest BCUT2D eigenvalue weighted by molar-refractivity contribution is 5.71. The van der Waals surface area contributed by atoms with Crippen LogP contribution in [0.2, 0.25) is 0 Å². The van der Waals surface area contributed by atoms with E-state index in [1.54, 1.807) is 0 Å². The molecule has 2 heterocycles. The van der Waals surface area contributed by atoms with Crippen LogP contribution in [-0.2, 0) is 6.42 Å². The number of likely N-dealkylation sites (N-methyl/N-ethyl adjacent to an activating group) is 1. The molecule has 1 saturated heterocycles. The van der Waals surface area contributed by atoms with Crippen molar-refractivity contribution in [1.82, 2.24) is 15.1 Å². The van der Waals surface area contributed by atoms with E-state index >= 15 is 0 Å². The molecule has 0 aliphatic carbocycles. The summed E-state index contributed by atoms with van der Waals surface area (Å²) < 4.78 is 0. The van der Waals surface area contributed by atoms with E-state index < -0.39 is 0 Å². The van der Waals surface area contributed by atoms with Crippen LogP contribution in [0, 0.1) is 0 Å². The predicted molar refractivity (Wildman–Crippen MR) is 62.6 cm³/mol. The summed E-state index contributed by atoms with van der Waals surface area (Å²) in [7, 11) is 0. The third-order valence-electron chi connectivity index (χ3n) is 3.38. The number of hydrogen-bond acceptors (Lipinski definition) is 3. The van der Waals surface area contributed by atoms with Gasteiger partial charge in [-0.05, 0) is 32.0 Å². The Morgan fingerprint density at radius 3 is 3.19 bits per heavy atom. The Hall–Kier alpha value is -1.16. The minimum atomic E-state index is 0.508. The Morgan fingerprint density at radius 2 is 2.50 bits per heavy atom. The zero-order chi connectivity index (χ0) is 11.4. The predicted octanol–water partition coefficient (Wildman–Crippen LogP) is 1.64. The van der Waals surface area contributed by atoms with Crippen LogP contribution < -0.4 is 0 Å². The normalized spacial score (nSPS) is 22.2. The molecule has 0 aromatic carbocycles. The zero-order valence-corrected chi connectivity index (χ0v) is 9.78. The highest BCUT2D eigenvalue weighted by Crippen LogP contribution is 2.19. The number of aromatic amines is 1. The molecular weight excluding hydrogens is 202 g/mol. The van der Waals surface area contributed by atoms with E-state index in [2.05, 4.69) is 22.0 Å². The average molecular weight is 221 g/mol. The van der Waals surface area contributed by atoms with Gasteiger partial charge in [0.15, 0.2) is 6.29 Å². The molecular formula is C12H19N3O. The van der Waals surface area contributed by atoms with Gasteiger partial charge in [-0.2, -0.15) is 5.10 Å². The van der Waals surface area contributed by atoms with Crippen molar-refractivity contribution < 1.29 is 4.79 Å². The Bertz CT molecular complexity index is 348. The van der Waals surface area contributed by atoms with Gasteiger partial charge in [0.2, 0.25) is 0 Å². The molecule has 4 heteroatoms. The molecule has 88 valence electrons. The number of aromatic nitrogens is 2. The fraction of sp³-hybridized carbons (Fsp3) is 0.667. The fourth-order valence-corrected chi connectivity index (χ4v) is 2.51. The second-order valence-corrected chi connectivity index (χ2v) is 4.42. The first-order valence-electron chi connectivity index (χ1n) is 6.07. The molecule has 1 atom stereocenters. The number of carbonyl (C=O) groups is 1. The maximum Gasteiger partial charge on any atom is 0.170 e. The number of carbonyl (C=O) groups excluding carboxylic acids is 1. The Kier molecular flexibility index (Phi) is 3.72. The van der Waals surface area contributed by atoms with E-state index in [4.69, 9.17) is 0 Å². The molecule has 1 unspecified atom stereocenters. The molecule has 1 aromatic heterocycles. The number of nitrogens with zero attached hydrogens (tertiary/aromatic N) is 2. The monoisotopic (exact) mass is 221 g/mol. The molecule has 1 aliphatic rings. The molecule has 16 heavy (non-hydrogen) atoms. The smallest absolute Gasteiger partial charge is 0.170 e. The SMILES string of the molecule is CCN1CCCCC1Cc1cc(C=O)n[nH]1. The molecule has 2 rings (SSSR count). The van der Waals surface area contributed by atoms with Crippen molar-refractivity contribution in [3.63, 3.8) is 0 Å². The van der Waals surface area contributed by atoms with Crippen LogP contribution in [0.3, 0.4) is 0 Å². The van der Waals surface area contributed by atoms with Gasteiger partial charge < -0.3 is 4.90 Å². The highest BCUT2D eigenvalue weighted by Gasteiger charge is 2.21. The van der Waals surface area contributed by atoms with E-state index in [1.807, 2.05) is 6.07 Å². The number of rotatable bonds is 4. The van der Waals surface area contributed by atoms with E-state index in [0.29, 0.717) is 11.7 Å². The summed E-state index contributed by atoms with van der Waals surface area (Å²) in [5, 5.41) is 6.88.